The predicted molar refractivity (Wildman–Crippen MR) is 124 cm³/mol. The van der Waals surface area contributed by atoms with Gasteiger partial charge in [-0.25, -0.2) is 4.98 Å². The summed E-state index contributed by atoms with van der Waals surface area (Å²) in [4.78, 5) is 18.1. The van der Waals surface area contributed by atoms with Crippen LogP contribution >= 0.6 is 0 Å². The lowest BCUT2D eigenvalue weighted by Gasteiger charge is -2.34. The van der Waals surface area contributed by atoms with Crippen LogP contribution in [0.25, 0.3) is 10.9 Å². The number of amides is 1. The number of fused-ring (bicyclic) bond motifs is 1. The molecule has 3 atom stereocenters. The van der Waals surface area contributed by atoms with Crippen molar-refractivity contribution in [1.29, 1.82) is 0 Å². The zero-order valence-electron chi connectivity index (χ0n) is 18.1. The first kappa shape index (κ1) is 20.4. The molecule has 1 aromatic heterocycles. The molecule has 1 amide bonds. The van der Waals surface area contributed by atoms with Crippen LogP contribution in [0.4, 0.5) is 11.5 Å². The molecule has 156 valence electrons. The van der Waals surface area contributed by atoms with Crippen LogP contribution in [0.15, 0.2) is 54.6 Å². The molecular weight excluding hydrogens is 370 g/mol. The monoisotopic (exact) mass is 401 g/mol. The molecule has 1 aliphatic rings. The Hall–Kier alpha value is -2.88. The van der Waals surface area contributed by atoms with Crippen molar-refractivity contribution >= 4 is 28.3 Å². The number of nitrogens with one attached hydrogen (secondary N) is 2. The number of aryl methyl sites for hydroxylation is 1. The Morgan fingerprint density at radius 1 is 1.07 bits per heavy atom. The maximum absolute atomic E-state index is 13.3. The van der Waals surface area contributed by atoms with E-state index in [1.807, 2.05) is 42.5 Å². The number of aromatic nitrogens is 1. The van der Waals surface area contributed by atoms with E-state index in [9.17, 15) is 4.79 Å². The van der Waals surface area contributed by atoms with Crippen LogP contribution in [-0.4, -0.2) is 16.9 Å². The number of anilines is 2. The molecule has 0 unspecified atom stereocenters. The zero-order chi connectivity index (χ0) is 21.1. The van der Waals surface area contributed by atoms with Crippen molar-refractivity contribution in [3.63, 3.8) is 0 Å². The van der Waals surface area contributed by atoms with Crippen molar-refractivity contribution in [2.75, 3.05) is 5.32 Å². The minimum atomic E-state index is -0.00798. The summed E-state index contributed by atoms with van der Waals surface area (Å²) in [6.45, 7) is 6.69. The van der Waals surface area contributed by atoms with Gasteiger partial charge in [0, 0.05) is 17.1 Å². The van der Waals surface area contributed by atoms with Gasteiger partial charge in [-0.2, -0.15) is 0 Å². The van der Waals surface area contributed by atoms with Crippen LogP contribution in [-0.2, 0) is 6.42 Å². The third kappa shape index (κ3) is 4.18. The molecule has 0 bridgehead atoms. The maximum atomic E-state index is 13.3. The number of carbonyl (C=O) groups is 1. The molecule has 1 aliphatic carbocycles. The van der Waals surface area contributed by atoms with Crippen molar-refractivity contribution in [3.8, 4) is 0 Å². The Morgan fingerprint density at radius 2 is 1.83 bits per heavy atom. The highest BCUT2D eigenvalue weighted by Gasteiger charge is 2.29. The molecule has 2 N–H and O–H groups in total. The number of nitrogens with zero attached hydrogens (tertiary/aromatic N) is 1. The van der Waals surface area contributed by atoms with E-state index in [4.69, 9.17) is 4.98 Å². The van der Waals surface area contributed by atoms with Gasteiger partial charge >= 0.3 is 0 Å². The minimum absolute atomic E-state index is 0.00798. The molecule has 0 saturated heterocycles. The van der Waals surface area contributed by atoms with Gasteiger partial charge in [-0.3, -0.25) is 4.79 Å². The number of rotatable bonds is 5. The number of benzene rings is 2. The van der Waals surface area contributed by atoms with E-state index < -0.39 is 0 Å². The normalized spacial score (nSPS) is 21.4. The van der Waals surface area contributed by atoms with E-state index in [-0.39, 0.29) is 11.9 Å². The molecule has 4 rings (SSSR count). The Kier molecular flexibility index (Phi) is 6.03. The lowest BCUT2D eigenvalue weighted by atomic mass is 9.78. The number of hydrogen-bond donors (Lipinski definition) is 2. The highest BCUT2D eigenvalue weighted by Crippen LogP contribution is 2.30. The molecule has 1 saturated carbocycles. The largest absolute Gasteiger partial charge is 0.349 e. The van der Waals surface area contributed by atoms with Gasteiger partial charge in [0.2, 0.25) is 0 Å². The summed E-state index contributed by atoms with van der Waals surface area (Å²) in [6, 6.07) is 18.2. The molecule has 4 heteroatoms. The maximum Gasteiger partial charge on any atom is 0.252 e. The molecule has 2 aromatic carbocycles. The average molecular weight is 402 g/mol. The van der Waals surface area contributed by atoms with E-state index in [0.717, 1.165) is 29.4 Å². The fourth-order valence-corrected chi connectivity index (χ4v) is 4.55. The second-order valence-electron chi connectivity index (χ2n) is 8.56. The SMILES string of the molecule is CCc1ccccc1Nc1cc(C(=O)N[C@@H]2CCC[C@H](C)[C@H]2C)c2ccccc2n1. The van der Waals surface area contributed by atoms with Crippen LogP contribution in [0, 0.1) is 11.8 Å². The topological polar surface area (TPSA) is 54.0 Å². The first-order valence-electron chi connectivity index (χ1n) is 11.1. The summed E-state index contributed by atoms with van der Waals surface area (Å²) in [5.41, 5.74) is 3.77. The van der Waals surface area contributed by atoms with Crippen LogP contribution in [0.5, 0.6) is 0 Å². The van der Waals surface area contributed by atoms with Crippen LogP contribution in [0.3, 0.4) is 0 Å². The highest BCUT2D eigenvalue weighted by molar-refractivity contribution is 6.07. The Bertz CT molecular complexity index is 1050. The summed E-state index contributed by atoms with van der Waals surface area (Å²) in [5, 5.41) is 7.66. The summed E-state index contributed by atoms with van der Waals surface area (Å²) in [6.07, 6.45) is 4.40. The van der Waals surface area contributed by atoms with Gasteiger partial charge in [0.15, 0.2) is 0 Å². The number of pyridine rings is 1. The van der Waals surface area contributed by atoms with Gasteiger partial charge in [-0.1, -0.05) is 70.0 Å². The lowest BCUT2D eigenvalue weighted by Crippen LogP contribution is -2.43. The third-order valence-corrected chi connectivity index (χ3v) is 6.65. The zero-order valence-corrected chi connectivity index (χ0v) is 18.1. The van der Waals surface area contributed by atoms with E-state index >= 15 is 0 Å². The van der Waals surface area contributed by atoms with Crippen molar-refractivity contribution in [2.24, 2.45) is 11.8 Å². The second kappa shape index (κ2) is 8.86. The molecule has 3 aromatic rings. The Labute approximate surface area is 179 Å². The molecular formula is C26H31N3O. The summed E-state index contributed by atoms with van der Waals surface area (Å²) >= 11 is 0. The average Bonchev–Trinajstić information content (AvgIpc) is 2.76. The van der Waals surface area contributed by atoms with E-state index in [1.54, 1.807) is 0 Å². The van der Waals surface area contributed by atoms with Crippen LogP contribution in [0.1, 0.15) is 56.0 Å². The fraction of sp³-hybridized carbons (Fsp3) is 0.385. The molecule has 0 aliphatic heterocycles. The third-order valence-electron chi connectivity index (χ3n) is 6.65. The van der Waals surface area contributed by atoms with Crippen molar-refractivity contribution in [1.82, 2.24) is 10.3 Å². The smallest absolute Gasteiger partial charge is 0.252 e. The van der Waals surface area contributed by atoms with E-state index in [2.05, 4.69) is 43.5 Å². The second-order valence-corrected chi connectivity index (χ2v) is 8.56. The van der Waals surface area contributed by atoms with Crippen LogP contribution < -0.4 is 10.6 Å². The minimum Gasteiger partial charge on any atom is -0.349 e. The summed E-state index contributed by atoms with van der Waals surface area (Å²) in [5.74, 6) is 1.82. The Balaban J connectivity index is 1.67. The first-order valence-corrected chi connectivity index (χ1v) is 11.1. The fourth-order valence-electron chi connectivity index (χ4n) is 4.55. The molecule has 1 fully saturated rings. The Morgan fingerprint density at radius 3 is 2.67 bits per heavy atom. The van der Waals surface area contributed by atoms with Gasteiger partial charge in [0.05, 0.1) is 11.1 Å². The lowest BCUT2D eigenvalue weighted by molar-refractivity contribution is 0.0892. The van der Waals surface area contributed by atoms with E-state index in [0.29, 0.717) is 23.2 Å². The van der Waals surface area contributed by atoms with Gasteiger partial charge < -0.3 is 10.6 Å². The standard InChI is InChI=1S/C26H31N3O/c1-4-19-11-5-7-13-23(19)27-25-16-21(20-12-6-8-14-24(20)28-25)26(30)29-22-15-9-10-17(2)18(22)3/h5-8,11-14,16-18,22H,4,9-10,15H2,1-3H3,(H,27,28)(H,29,30)/t17-,18+,22+/m0/s1. The van der Waals surface area contributed by atoms with Gasteiger partial charge in [0.1, 0.15) is 5.82 Å². The van der Waals surface area contributed by atoms with Crippen molar-refractivity contribution < 1.29 is 4.79 Å². The van der Waals surface area contributed by atoms with Crippen LogP contribution in [0.2, 0.25) is 0 Å². The van der Waals surface area contributed by atoms with Crippen molar-refractivity contribution in [2.45, 2.75) is 52.5 Å². The molecule has 4 nitrogen and oxygen atoms in total. The molecule has 1 heterocycles. The summed E-state index contributed by atoms with van der Waals surface area (Å²) < 4.78 is 0. The number of hydrogen-bond acceptors (Lipinski definition) is 3. The van der Waals surface area contributed by atoms with Crippen molar-refractivity contribution in [3.05, 3.63) is 65.7 Å². The molecule has 0 spiro atoms. The number of para-hydroxylation sites is 2. The van der Waals surface area contributed by atoms with E-state index in [1.165, 1.54) is 18.4 Å². The highest BCUT2D eigenvalue weighted by atomic mass is 16.1. The first-order chi connectivity index (χ1) is 14.6. The number of carbonyl (C=O) groups excluding carboxylic acids is 1. The van der Waals surface area contributed by atoms with Gasteiger partial charge in [-0.05, 0) is 48.4 Å². The van der Waals surface area contributed by atoms with Gasteiger partial charge in [0.25, 0.3) is 5.91 Å². The molecule has 0 radical (unpaired) electrons. The quantitative estimate of drug-likeness (QED) is 0.543. The summed E-state index contributed by atoms with van der Waals surface area (Å²) in [7, 11) is 0. The predicted octanol–water partition coefficient (Wildman–Crippen LogP) is 6.10. The molecule has 30 heavy (non-hydrogen) atoms. The van der Waals surface area contributed by atoms with Gasteiger partial charge in [-0.15, -0.1) is 0 Å².